The summed E-state index contributed by atoms with van der Waals surface area (Å²) in [6, 6.07) is 13.5. The van der Waals surface area contributed by atoms with E-state index in [1.807, 2.05) is 6.07 Å². The zero-order valence-electron chi connectivity index (χ0n) is 11.2. The highest BCUT2D eigenvalue weighted by Crippen LogP contribution is 2.24. The van der Waals surface area contributed by atoms with Gasteiger partial charge in [0.05, 0.1) is 16.0 Å². The van der Waals surface area contributed by atoms with Crippen molar-refractivity contribution in [3.05, 3.63) is 59.9 Å². The molecule has 0 aliphatic carbocycles. The van der Waals surface area contributed by atoms with Gasteiger partial charge in [-0.2, -0.15) is 5.26 Å². The molecule has 0 aliphatic heterocycles. The fourth-order valence-electron chi connectivity index (χ4n) is 2.16. The van der Waals surface area contributed by atoms with Crippen LogP contribution in [0, 0.1) is 18.3 Å². The van der Waals surface area contributed by atoms with Crippen LogP contribution in [0.3, 0.4) is 0 Å². The fourth-order valence-corrected chi connectivity index (χ4v) is 3.54. The third-order valence-corrected chi connectivity index (χ3v) is 4.86. The SMILES string of the molecule is Cc1ccc2c(n1)c(C#N)cn2S(=O)(=O)c1ccccc1. The molecule has 0 atom stereocenters. The van der Waals surface area contributed by atoms with Crippen molar-refractivity contribution in [3.63, 3.8) is 0 Å². The summed E-state index contributed by atoms with van der Waals surface area (Å²) < 4.78 is 26.5. The van der Waals surface area contributed by atoms with Gasteiger partial charge in [-0.3, -0.25) is 4.98 Å². The van der Waals surface area contributed by atoms with Gasteiger partial charge in [-0.1, -0.05) is 18.2 Å². The Morgan fingerprint density at radius 1 is 1.14 bits per heavy atom. The van der Waals surface area contributed by atoms with Gasteiger partial charge < -0.3 is 0 Å². The molecule has 21 heavy (non-hydrogen) atoms. The van der Waals surface area contributed by atoms with Crippen molar-refractivity contribution in [2.75, 3.05) is 0 Å². The lowest BCUT2D eigenvalue weighted by Crippen LogP contribution is -2.11. The average Bonchev–Trinajstić information content (AvgIpc) is 2.86. The summed E-state index contributed by atoms with van der Waals surface area (Å²) in [7, 11) is -3.74. The van der Waals surface area contributed by atoms with E-state index in [4.69, 9.17) is 0 Å². The number of nitrogens with zero attached hydrogens (tertiary/aromatic N) is 3. The summed E-state index contributed by atoms with van der Waals surface area (Å²) in [6.07, 6.45) is 1.32. The first-order valence-corrected chi connectivity index (χ1v) is 7.67. The Morgan fingerprint density at radius 3 is 2.52 bits per heavy atom. The largest absolute Gasteiger partial charge is 0.268 e. The molecule has 0 saturated heterocycles. The second kappa shape index (κ2) is 4.72. The number of hydrogen-bond donors (Lipinski definition) is 0. The van der Waals surface area contributed by atoms with Crippen molar-refractivity contribution in [1.29, 1.82) is 5.26 Å². The van der Waals surface area contributed by atoms with Gasteiger partial charge in [0.15, 0.2) is 0 Å². The number of aromatic nitrogens is 2. The lowest BCUT2D eigenvalue weighted by Gasteiger charge is -2.07. The Bertz CT molecular complexity index is 967. The van der Waals surface area contributed by atoms with Gasteiger partial charge in [0.2, 0.25) is 0 Å². The van der Waals surface area contributed by atoms with E-state index >= 15 is 0 Å². The number of nitriles is 1. The molecule has 0 N–H and O–H groups in total. The molecule has 0 bridgehead atoms. The Balaban J connectivity index is 2.34. The van der Waals surface area contributed by atoms with Crippen LogP contribution in [0.25, 0.3) is 11.0 Å². The van der Waals surface area contributed by atoms with E-state index in [1.54, 1.807) is 37.3 Å². The van der Waals surface area contributed by atoms with Crippen molar-refractivity contribution in [2.24, 2.45) is 0 Å². The molecule has 0 spiro atoms. The minimum atomic E-state index is -3.74. The van der Waals surface area contributed by atoms with Crippen LogP contribution in [0.2, 0.25) is 0 Å². The Labute approximate surface area is 122 Å². The van der Waals surface area contributed by atoms with E-state index in [0.717, 1.165) is 9.67 Å². The summed E-state index contributed by atoms with van der Waals surface area (Å²) in [4.78, 5) is 4.44. The number of hydrogen-bond acceptors (Lipinski definition) is 4. The molecule has 2 heterocycles. The van der Waals surface area contributed by atoms with Crippen LogP contribution in [0.15, 0.2) is 53.6 Å². The van der Waals surface area contributed by atoms with E-state index in [-0.39, 0.29) is 10.5 Å². The van der Waals surface area contributed by atoms with Gasteiger partial charge in [-0.25, -0.2) is 12.4 Å². The molecule has 5 nitrogen and oxygen atoms in total. The third kappa shape index (κ3) is 2.08. The summed E-state index contributed by atoms with van der Waals surface area (Å²) in [5.41, 5.74) is 1.78. The zero-order valence-corrected chi connectivity index (χ0v) is 12.0. The molecule has 3 aromatic rings. The van der Waals surface area contributed by atoms with Gasteiger partial charge in [-0.15, -0.1) is 0 Å². The van der Waals surface area contributed by atoms with Crippen LogP contribution < -0.4 is 0 Å². The standard InChI is InChI=1S/C15H11N3O2S/c1-11-7-8-14-15(17-11)12(9-16)10-18(14)21(19,20)13-5-3-2-4-6-13/h2-8,10H,1H3. The lowest BCUT2D eigenvalue weighted by atomic mass is 10.2. The quantitative estimate of drug-likeness (QED) is 0.728. The molecule has 1 aromatic carbocycles. The minimum Gasteiger partial charge on any atom is -0.250 e. The molecule has 2 aromatic heterocycles. The van der Waals surface area contributed by atoms with Gasteiger partial charge in [-0.05, 0) is 31.2 Å². The predicted octanol–water partition coefficient (Wildman–Crippen LogP) is 2.45. The number of pyridine rings is 1. The monoisotopic (exact) mass is 297 g/mol. The third-order valence-electron chi connectivity index (χ3n) is 3.17. The first-order chi connectivity index (χ1) is 10.0. The zero-order chi connectivity index (χ0) is 15.0. The molecule has 0 radical (unpaired) electrons. The summed E-state index contributed by atoms with van der Waals surface area (Å²) in [5.74, 6) is 0. The Hall–Kier alpha value is -2.65. The molecule has 6 heteroatoms. The molecule has 0 saturated carbocycles. The number of fused-ring (bicyclic) bond motifs is 1. The van der Waals surface area contributed by atoms with Gasteiger partial charge in [0.25, 0.3) is 10.0 Å². The van der Waals surface area contributed by atoms with Crippen LogP contribution in [0.5, 0.6) is 0 Å². The van der Waals surface area contributed by atoms with E-state index in [2.05, 4.69) is 4.98 Å². The molecule has 0 fully saturated rings. The summed E-state index contributed by atoms with van der Waals surface area (Å²) in [5, 5.41) is 9.18. The van der Waals surface area contributed by atoms with Crippen molar-refractivity contribution in [2.45, 2.75) is 11.8 Å². The maximum Gasteiger partial charge on any atom is 0.268 e. The number of aryl methyl sites for hydroxylation is 1. The smallest absolute Gasteiger partial charge is 0.250 e. The van der Waals surface area contributed by atoms with Gasteiger partial charge in [0, 0.05) is 11.9 Å². The number of benzene rings is 1. The van der Waals surface area contributed by atoms with Gasteiger partial charge >= 0.3 is 0 Å². The Kier molecular flexibility index (Phi) is 3.00. The second-order valence-electron chi connectivity index (χ2n) is 4.59. The number of rotatable bonds is 2. The highest BCUT2D eigenvalue weighted by atomic mass is 32.2. The van der Waals surface area contributed by atoms with Crippen molar-refractivity contribution < 1.29 is 8.42 Å². The molecule has 0 aliphatic rings. The van der Waals surface area contributed by atoms with Crippen molar-refractivity contribution in [1.82, 2.24) is 8.96 Å². The first kappa shape index (κ1) is 13.3. The van der Waals surface area contributed by atoms with Crippen LogP contribution in [0.1, 0.15) is 11.3 Å². The summed E-state index contributed by atoms with van der Waals surface area (Å²) >= 11 is 0. The van der Waals surface area contributed by atoms with Crippen molar-refractivity contribution in [3.8, 4) is 6.07 Å². The molecule has 0 unspecified atom stereocenters. The maximum atomic E-state index is 12.7. The second-order valence-corrected chi connectivity index (χ2v) is 6.40. The summed E-state index contributed by atoms with van der Waals surface area (Å²) in [6.45, 7) is 1.80. The molecular weight excluding hydrogens is 286 g/mol. The minimum absolute atomic E-state index is 0.173. The predicted molar refractivity (Wildman–Crippen MR) is 78.2 cm³/mol. The molecule has 104 valence electrons. The highest BCUT2D eigenvalue weighted by Gasteiger charge is 2.21. The highest BCUT2D eigenvalue weighted by molar-refractivity contribution is 7.90. The first-order valence-electron chi connectivity index (χ1n) is 6.23. The average molecular weight is 297 g/mol. The van der Waals surface area contributed by atoms with Crippen LogP contribution in [-0.4, -0.2) is 17.4 Å². The van der Waals surface area contributed by atoms with E-state index in [1.165, 1.54) is 18.3 Å². The molecule has 3 rings (SSSR count). The molecular formula is C15H11N3O2S. The topological polar surface area (TPSA) is 75.8 Å². The fraction of sp³-hybridized carbons (Fsp3) is 0.0667. The maximum absolute atomic E-state index is 12.7. The van der Waals surface area contributed by atoms with E-state index in [9.17, 15) is 13.7 Å². The lowest BCUT2D eigenvalue weighted by molar-refractivity contribution is 0.589. The Morgan fingerprint density at radius 2 is 1.86 bits per heavy atom. The molecule has 0 amide bonds. The van der Waals surface area contributed by atoms with Crippen LogP contribution in [-0.2, 0) is 10.0 Å². The van der Waals surface area contributed by atoms with Crippen LogP contribution in [0.4, 0.5) is 0 Å². The van der Waals surface area contributed by atoms with Gasteiger partial charge in [0.1, 0.15) is 11.6 Å². The van der Waals surface area contributed by atoms with E-state index < -0.39 is 10.0 Å². The van der Waals surface area contributed by atoms with Crippen molar-refractivity contribution >= 4 is 21.1 Å². The van der Waals surface area contributed by atoms with E-state index in [0.29, 0.717) is 11.0 Å². The normalized spacial score (nSPS) is 11.4. The van der Waals surface area contributed by atoms with Crippen LogP contribution >= 0.6 is 0 Å².